The summed E-state index contributed by atoms with van der Waals surface area (Å²) < 4.78 is 31.5. The fourth-order valence-electron chi connectivity index (χ4n) is 0. The van der Waals surface area contributed by atoms with E-state index in [9.17, 15) is 13.2 Å². The molecule has 0 aromatic rings. The van der Waals surface area contributed by atoms with Gasteiger partial charge in [0.15, 0.2) is 0 Å². The Labute approximate surface area is 53.2 Å². The van der Waals surface area contributed by atoms with Crippen molar-refractivity contribution in [3.63, 3.8) is 0 Å². The molecule has 1 radical (unpaired) electrons. The van der Waals surface area contributed by atoms with Gasteiger partial charge in [-0.05, 0) is 0 Å². The molecule has 0 rings (SSSR count). The van der Waals surface area contributed by atoms with E-state index in [0.717, 1.165) is 0 Å². The third kappa shape index (κ3) is 3.95. The Kier molecular flexibility index (Phi) is 3.93. The van der Waals surface area contributed by atoms with Crippen molar-refractivity contribution in [2.75, 3.05) is 0 Å². The molecule has 2 nitrogen and oxygen atoms in total. The Morgan fingerprint density at radius 2 is 1.50 bits per heavy atom. The van der Waals surface area contributed by atoms with Crippen LogP contribution in [0.1, 0.15) is 0 Å². The van der Waals surface area contributed by atoms with E-state index >= 15 is 0 Å². The molecule has 0 fully saturated rings. The topological polar surface area (TPSA) is 40.1 Å². The third-order valence-corrected chi connectivity index (χ3v) is 0.231. The Morgan fingerprint density at radius 1 is 1.38 bits per heavy atom. The average Bonchev–Trinajstić information content (AvgIpc) is 1.31. The van der Waals surface area contributed by atoms with Crippen molar-refractivity contribution in [2.24, 2.45) is 0 Å². The molecule has 0 aromatic carbocycles. The van der Waals surface area contributed by atoms with E-state index in [2.05, 4.69) is 0 Å². The Hall–Kier alpha value is -0.221. The van der Waals surface area contributed by atoms with E-state index in [-0.39, 0.29) is 17.1 Å². The molecule has 0 atom stereocenters. The second-order valence-corrected chi connectivity index (χ2v) is 0.785. The number of carboxylic acids is 1. The van der Waals surface area contributed by atoms with Crippen LogP contribution < -0.4 is 5.11 Å². The van der Waals surface area contributed by atoms with E-state index in [4.69, 9.17) is 9.90 Å². The number of aliphatic carboxylic acids is 1. The maximum absolute atomic E-state index is 10.5. The zero-order valence-electron chi connectivity index (χ0n) is 3.25. The van der Waals surface area contributed by atoms with Crippen LogP contribution in [0.4, 0.5) is 13.2 Å². The summed E-state index contributed by atoms with van der Waals surface area (Å²) >= 11 is 0. The second-order valence-electron chi connectivity index (χ2n) is 0.785. The van der Waals surface area contributed by atoms with Gasteiger partial charge in [-0.3, -0.25) is 0 Å². The van der Waals surface area contributed by atoms with Crippen molar-refractivity contribution >= 4 is 5.97 Å². The predicted octanol–water partition coefficient (Wildman–Crippen LogP) is -0.704. The van der Waals surface area contributed by atoms with Gasteiger partial charge in [0, 0.05) is 0 Å². The molecule has 0 N–H and O–H groups in total. The van der Waals surface area contributed by atoms with E-state index in [0.29, 0.717) is 0 Å². The Morgan fingerprint density at radius 3 is 1.50 bits per heavy atom. The molecule has 0 aliphatic rings. The average molecular weight is 177 g/mol. The van der Waals surface area contributed by atoms with E-state index in [1.54, 1.807) is 0 Å². The number of carboxylic acid groups (broad SMARTS) is 1. The number of halogens is 3. The van der Waals surface area contributed by atoms with Crippen molar-refractivity contribution in [3.8, 4) is 0 Å². The summed E-state index contributed by atoms with van der Waals surface area (Å²) in [6, 6.07) is 0. The number of hydrogen-bond acceptors (Lipinski definition) is 2. The van der Waals surface area contributed by atoms with Crippen LogP contribution in [-0.4, -0.2) is 12.1 Å². The first-order valence-corrected chi connectivity index (χ1v) is 1.23. The molecule has 0 amide bonds. The van der Waals surface area contributed by atoms with Crippen LogP contribution in [0.15, 0.2) is 0 Å². The molecule has 8 heavy (non-hydrogen) atoms. The van der Waals surface area contributed by atoms with Gasteiger partial charge < -0.3 is 9.90 Å². The number of carbonyl (C=O) groups excluding carboxylic acids is 1. The molecule has 0 bridgehead atoms. The van der Waals surface area contributed by atoms with Crippen molar-refractivity contribution in [1.82, 2.24) is 0 Å². The quantitative estimate of drug-likeness (QED) is 0.458. The monoisotopic (exact) mass is 176 g/mol. The molecule has 0 aromatic heterocycles. The van der Waals surface area contributed by atoms with E-state index < -0.39 is 12.1 Å². The second kappa shape index (κ2) is 2.94. The zero-order chi connectivity index (χ0) is 6.08. The summed E-state index contributed by atoms with van der Waals surface area (Å²) in [5.74, 6) is -3.01. The predicted molar refractivity (Wildman–Crippen MR) is 11.1 cm³/mol. The maximum Gasteiger partial charge on any atom is 2.00 e. The summed E-state index contributed by atoms with van der Waals surface area (Å²) in [5, 5.41) is 8.78. The SMILES string of the molecule is O=C([O-])C(F)(F)F.[Cu+2]. The van der Waals surface area contributed by atoms with Gasteiger partial charge in [-0.15, -0.1) is 0 Å². The van der Waals surface area contributed by atoms with Gasteiger partial charge in [-0.2, -0.15) is 13.2 Å². The van der Waals surface area contributed by atoms with Gasteiger partial charge in [-0.25, -0.2) is 0 Å². The summed E-state index contributed by atoms with van der Waals surface area (Å²) in [4.78, 5) is 8.78. The molecule has 0 aliphatic carbocycles. The summed E-state index contributed by atoms with van der Waals surface area (Å²) in [5.41, 5.74) is 0. The molecular weight excluding hydrogens is 177 g/mol. The van der Waals surface area contributed by atoms with Gasteiger partial charge in [0.2, 0.25) is 0 Å². The number of hydrogen-bond donors (Lipinski definition) is 0. The smallest absolute Gasteiger partial charge is 0.542 e. The maximum atomic E-state index is 10.5. The van der Waals surface area contributed by atoms with Crippen LogP contribution in [0.3, 0.4) is 0 Å². The fourth-order valence-corrected chi connectivity index (χ4v) is 0. The third-order valence-electron chi connectivity index (χ3n) is 0.231. The first kappa shape index (κ1) is 10.7. The summed E-state index contributed by atoms with van der Waals surface area (Å²) in [6.07, 6.45) is -5.19. The standard InChI is InChI=1S/C2HF3O2.Cu/c3-2(4,5)1(6)7;/h(H,6,7);/q;+2/p-1. The molecule has 51 valence electrons. The van der Waals surface area contributed by atoms with Crippen LogP contribution >= 0.6 is 0 Å². The molecule has 6 heteroatoms. The summed E-state index contributed by atoms with van der Waals surface area (Å²) in [6.45, 7) is 0. The van der Waals surface area contributed by atoms with Gasteiger partial charge in [0.25, 0.3) is 0 Å². The summed E-state index contributed by atoms with van der Waals surface area (Å²) in [7, 11) is 0. The van der Waals surface area contributed by atoms with E-state index in [1.807, 2.05) is 0 Å². The van der Waals surface area contributed by atoms with Gasteiger partial charge in [0.05, 0.1) is 0 Å². The molecule has 0 heterocycles. The van der Waals surface area contributed by atoms with Crippen molar-refractivity contribution in [2.45, 2.75) is 6.18 Å². The van der Waals surface area contributed by atoms with Crippen LogP contribution in [0.5, 0.6) is 0 Å². The molecular formula is C2CuF3O2+. The van der Waals surface area contributed by atoms with Gasteiger partial charge in [0.1, 0.15) is 5.97 Å². The zero-order valence-corrected chi connectivity index (χ0v) is 4.19. The van der Waals surface area contributed by atoms with Crippen molar-refractivity contribution < 1.29 is 40.1 Å². The van der Waals surface area contributed by atoms with Crippen LogP contribution in [0.25, 0.3) is 0 Å². The van der Waals surface area contributed by atoms with E-state index in [1.165, 1.54) is 0 Å². The Bertz CT molecular complexity index is 87.8. The van der Waals surface area contributed by atoms with Crippen molar-refractivity contribution in [1.29, 1.82) is 0 Å². The van der Waals surface area contributed by atoms with Gasteiger partial charge in [-0.1, -0.05) is 0 Å². The molecule has 0 saturated heterocycles. The molecule has 0 unspecified atom stereocenters. The van der Waals surface area contributed by atoms with Crippen LogP contribution in [0.2, 0.25) is 0 Å². The number of carbonyl (C=O) groups is 1. The minimum Gasteiger partial charge on any atom is -0.542 e. The largest absolute Gasteiger partial charge is 2.00 e. The minimum absolute atomic E-state index is 0. The molecule has 0 spiro atoms. The Balaban J connectivity index is 0. The number of rotatable bonds is 0. The van der Waals surface area contributed by atoms with Crippen LogP contribution in [-0.2, 0) is 21.9 Å². The first-order valence-electron chi connectivity index (χ1n) is 1.23. The fraction of sp³-hybridized carbons (Fsp3) is 0.500. The molecule has 0 aliphatic heterocycles. The van der Waals surface area contributed by atoms with Gasteiger partial charge >= 0.3 is 23.2 Å². The number of alkyl halides is 3. The molecule has 0 saturated carbocycles. The van der Waals surface area contributed by atoms with Crippen molar-refractivity contribution in [3.05, 3.63) is 0 Å². The first-order chi connectivity index (χ1) is 2.94. The van der Waals surface area contributed by atoms with Crippen LogP contribution in [0, 0.1) is 0 Å². The normalized spacial score (nSPS) is 9.88. The minimum atomic E-state index is -5.19.